The second-order valence-electron chi connectivity index (χ2n) is 12.8. The lowest BCUT2D eigenvalue weighted by molar-refractivity contribution is 0.165. The minimum Gasteiger partial charge on any atom is -0.534 e. The van der Waals surface area contributed by atoms with Crippen molar-refractivity contribution in [2.24, 2.45) is 0 Å². The van der Waals surface area contributed by atoms with Crippen molar-refractivity contribution in [1.29, 1.82) is 0 Å². The number of ether oxygens (including phenoxy) is 1. The molecule has 0 saturated carbocycles. The highest BCUT2D eigenvalue weighted by Crippen LogP contribution is 2.40. The number of benzene rings is 5. The molecule has 0 aliphatic heterocycles. The van der Waals surface area contributed by atoms with E-state index in [9.17, 15) is 4.79 Å². The van der Waals surface area contributed by atoms with Gasteiger partial charge >= 0.3 is 14.4 Å². The third kappa shape index (κ3) is 6.42. The van der Waals surface area contributed by atoms with E-state index in [1.54, 1.807) is 4.90 Å². The Morgan fingerprint density at radius 1 is 0.696 bits per heavy atom. The standard InChI is InChI=1S/C41H41NO3Si/c1-41(2,3)46(36-24-12-6-13-25-36,37-26-14-7-15-27-37)45-39-29-17-19-33-30-32(18-16-28-38(33)39)31-44-40(43)42(34-20-8-4-9-21-34)35-22-10-5-11-23-35/h4-15,17-27,29H,16,28,30-31H2,1-3H3. The first-order valence-corrected chi connectivity index (χ1v) is 17.9. The second kappa shape index (κ2) is 13.6. The van der Waals surface area contributed by atoms with Crippen LogP contribution in [0.1, 0.15) is 38.3 Å². The quantitative estimate of drug-likeness (QED) is 0.128. The van der Waals surface area contributed by atoms with Gasteiger partial charge in [-0.2, -0.15) is 0 Å². The van der Waals surface area contributed by atoms with Crippen LogP contribution in [-0.4, -0.2) is 21.0 Å². The van der Waals surface area contributed by atoms with Crippen LogP contribution in [-0.2, 0) is 17.6 Å². The van der Waals surface area contributed by atoms with E-state index in [-0.39, 0.29) is 11.6 Å². The molecule has 5 aromatic rings. The fourth-order valence-corrected chi connectivity index (χ4v) is 11.0. The van der Waals surface area contributed by atoms with Gasteiger partial charge in [-0.15, -0.1) is 0 Å². The van der Waals surface area contributed by atoms with E-state index in [0.29, 0.717) is 6.42 Å². The van der Waals surface area contributed by atoms with E-state index < -0.39 is 14.4 Å². The number of hydrogen-bond donors (Lipinski definition) is 0. The molecule has 0 aromatic heterocycles. The Kier molecular flexibility index (Phi) is 9.22. The van der Waals surface area contributed by atoms with Crippen molar-refractivity contribution < 1.29 is 14.0 Å². The molecule has 232 valence electrons. The van der Waals surface area contributed by atoms with Gasteiger partial charge in [0, 0.05) is 0 Å². The van der Waals surface area contributed by atoms with Crippen molar-refractivity contribution in [3.63, 3.8) is 0 Å². The highest BCUT2D eigenvalue weighted by Gasteiger charge is 2.52. The van der Waals surface area contributed by atoms with E-state index >= 15 is 0 Å². The van der Waals surface area contributed by atoms with Gasteiger partial charge in [0.2, 0.25) is 0 Å². The molecule has 1 aliphatic carbocycles. The molecule has 1 amide bonds. The minimum atomic E-state index is -2.78. The van der Waals surface area contributed by atoms with Crippen molar-refractivity contribution in [1.82, 2.24) is 0 Å². The number of carbonyl (C=O) groups is 1. The first kappa shape index (κ1) is 31.1. The lowest BCUT2D eigenvalue weighted by Crippen LogP contribution is -2.68. The highest BCUT2D eigenvalue weighted by molar-refractivity contribution is 7.00. The van der Waals surface area contributed by atoms with Crippen LogP contribution in [0.3, 0.4) is 0 Å². The van der Waals surface area contributed by atoms with Gasteiger partial charge in [0.1, 0.15) is 12.4 Å². The third-order valence-electron chi connectivity index (χ3n) is 8.75. The molecule has 0 spiro atoms. The zero-order valence-electron chi connectivity index (χ0n) is 26.9. The van der Waals surface area contributed by atoms with E-state index in [1.165, 1.54) is 21.5 Å². The zero-order chi connectivity index (χ0) is 32.0. The summed E-state index contributed by atoms with van der Waals surface area (Å²) in [6.45, 7) is 7.16. The summed E-state index contributed by atoms with van der Waals surface area (Å²) in [6, 6.07) is 47.2. The lowest BCUT2D eigenvalue weighted by Gasteiger charge is -2.43. The van der Waals surface area contributed by atoms with Gasteiger partial charge in [-0.25, -0.2) is 9.69 Å². The summed E-state index contributed by atoms with van der Waals surface area (Å²) < 4.78 is 13.5. The first-order chi connectivity index (χ1) is 22.4. The van der Waals surface area contributed by atoms with Crippen molar-refractivity contribution in [2.45, 2.75) is 45.1 Å². The largest absolute Gasteiger partial charge is 0.534 e. The molecule has 1 aliphatic rings. The Hall–Kier alpha value is -4.87. The number of amides is 1. The van der Waals surface area contributed by atoms with Crippen molar-refractivity contribution in [2.75, 3.05) is 11.5 Å². The van der Waals surface area contributed by atoms with Crippen LogP contribution >= 0.6 is 0 Å². The predicted molar refractivity (Wildman–Crippen MR) is 191 cm³/mol. The van der Waals surface area contributed by atoms with Crippen LogP contribution in [0.25, 0.3) is 0 Å². The molecule has 0 radical (unpaired) electrons. The average molecular weight is 624 g/mol. The van der Waals surface area contributed by atoms with Gasteiger partial charge in [-0.3, -0.25) is 0 Å². The molecule has 5 aromatic carbocycles. The van der Waals surface area contributed by atoms with Crippen LogP contribution in [0.4, 0.5) is 16.2 Å². The Morgan fingerprint density at radius 2 is 1.22 bits per heavy atom. The fraction of sp³-hybridized carbons (Fsp3) is 0.195. The SMILES string of the molecule is CC(C)(C)[Si](Oc1cccc2c1CCC=C(COC(=O)N(c1ccccc1)c1ccccc1)C2)(c1ccccc1)c1ccccc1. The molecule has 4 nitrogen and oxygen atoms in total. The van der Waals surface area contributed by atoms with Crippen molar-refractivity contribution in [3.8, 4) is 5.75 Å². The Balaban J connectivity index is 1.27. The molecule has 0 fully saturated rings. The highest BCUT2D eigenvalue weighted by atomic mass is 28.4. The number of fused-ring (bicyclic) bond motifs is 1. The number of carbonyl (C=O) groups excluding carboxylic acids is 1. The van der Waals surface area contributed by atoms with Crippen molar-refractivity contribution >= 4 is 36.2 Å². The van der Waals surface area contributed by atoms with E-state index in [1.807, 2.05) is 60.7 Å². The number of para-hydroxylation sites is 2. The number of nitrogens with zero attached hydrogens (tertiary/aromatic N) is 1. The molecular formula is C41H41NO3Si. The number of hydrogen-bond acceptors (Lipinski definition) is 3. The van der Waals surface area contributed by atoms with E-state index in [2.05, 4.69) is 106 Å². The fourth-order valence-electron chi connectivity index (χ4n) is 6.55. The summed E-state index contributed by atoms with van der Waals surface area (Å²) in [7, 11) is -2.78. The minimum absolute atomic E-state index is 0.135. The van der Waals surface area contributed by atoms with Crippen LogP contribution in [0.15, 0.2) is 151 Å². The van der Waals surface area contributed by atoms with Crippen LogP contribution < -0.4 is 19.7 Å². The summed E-state index contributed by atoms with van der Waals surface area (Å²) in [5.74, 6) is 0.956. The van der Waals surface area contributed by atoms with Gasteiger partial charge in [0.05, 0.1) is 11.4 Å². The summed E-state index contributed by atoms with van der Waals surface area (Å²) in [5.41, 5.74) is 5.09. The zero-order valence-corrected chi connectivity index (χ0v) is 27.9. The predicted octanol–water partition coefficient (Wildman–Crippen LogP) is 9.02. The van der Waals surface area contributed by atoms with E-state index in [0.717, 1.165) is 35.5 Å². The molecule has 0 N–H and O–H groups in total. The molecule has 0 heterocycles. The van der Waals surface area contributed by atoms with Crippen LogP contribution in [0, 0.1) is 0 Å². The average Bonchev–Trinajstić information content (AvgIpc) is 3.30. The third-order valence-corrected chi connectivity index (χ3v) is 13.7. The van der Waals surface area contributed by atoms with E-state index in [4.69, 9.17) is 9.16 Å². The number of anilines is 2. The molecule has 5 heteroatoms. The molecule has 0 unspecified atom stereocenters. The topological polar surface area (TPSA) is 38.8 Å². The van der Waals surface area contributed by atoms with Gasteiger partial charge in [-0.1, -0.05) is 136 Å². The monoisotopic (exact) mass is 623 g/mol. The molecule has 6 rings (SSSR count). The molecular weight excluding hydrogens is 583 g/mol. The summed E-state index contributed by atoms with van der Waals surface area (Å²) in [5, 5.41) is 2.38. The smallest absolute Gasteiger partial charge is 0.419 e. The number of rotatable bonds is 8. The first-order valence-electron chi connectivity index (χ1n) is 16.0. The second-order valence-corrected chi connectivity index (χ2v) is 17.0. The van der Waals surface area contributed by atoms with Gasteiger partial charge in [0.25, 0.3) is 0 Å². The molecule has 0 saturated heterocycles. The Morgan fingerprint density at radius 3 is 1.74 bits per heavy atom. The van der Waals surface area contributed by atoms with Gasteiger partial charge in [0.15, 0.2) is 0 Å². The summed E-state index contributed by atoms with van der Waals surface area (Å²) in [4.78, 5) is 15.2. The Labute approximate surface area is 274 Å². The maximum atomic E-state index is 13.6. The van der Waals surface area contributed by atoms with Crippen LogP contribution in [0.5, 0.6) is 5.75 Å². The Bertz CT molecular complexity index is 1700. The van der Waals surface area contributed by atoms with Gasteiger partial charge < -0.3 is 9.16 Å². The maximum absolute atomic E-state index is 13.6. The van der Waals surface area contributed by atoms with Gasteiger partial charge in [-0.05, 0) is 81.7 Å². The number of allylic oxidation sites excluding steroid dienone is 1. The summed E-state index contributed by atoms with van der Waals surface area (Å²) in [6.07, 6.45) is 4.25. The molecule has 0 atom stereocenters. The normalized spacial score (nSPS) is 13.2. The maximum Gasteiger partial charge on any atom is 0.419 e. The summed E-state index contributed by atoms with van der Waals surface area (Å²) >= 11 is 0. The molecule has 0 bridgehead atoms. The molecule has 46 heavy (non-hydrogen) atoms. The van der Waals surface area contributed by atoms with Crippen LogP contribution in [0.2, 0.25) is 5.04 Å². The van der Waals surface area contributed by atoms with Crippen molar-refractivity contribution in [3.05, 3.63) is 162 Å². The lowest BCUT2D eigenvalue weighted by atomic mass is 10.0.